The highest BCUT2D eigenvalue weighted by Gasteiger charge is 2.17. The van der Waals surface area contributed by atoms with Crippen LogP contribution < -0.4 is 4.74 Å². The van der Waals surface area contributed by atoms with E-state index in [4.69, 9.17) is 14.5 Å². The molecule has 2 aromatic heterocycles. The van der Waals surface area contributed by atoms with Gasteiger partial charge in [0.1, 0.15) is 11.4 Å². The molecular formula is C19H23N3O2S. The first-order chi connectivity index (χ1) is 12.2. The number of imidazole rings is 1. The van der Waals surface area contributed by atoms with E-state index in [1.807, 2.05) is 19.2 Å². The van der Waals surface area contributed by atoms with E-state index in [9.17, 15) is 0 Å². The maximum absolute atomic E-state index is 5.90. The molecule has 5 nitrogen and oxygen atoms in total. The zero-order valence-corrected chi connectivity index (χ0v) is 15.9. The van der Waals surface area contributed by atoms with Gasteiger partial charge in [0.2, 0.25) is 0 Å². The maximum Gasteiger partial charge on any atom is 0.170 e. The zero-order chi connectivity index (χ0) is 17.8. The van der Waals surface area contributed by atoms with Crippen LogP contribution in [-0.4, -0.2) is 40.5 Å². The lowest BCUT2D eigenvalue weighted by atomic mass is 10.2. The van der Waals surface area contributed by atoms with E-state index in [0.717, 1.165) is 40.3 Å². The minimum Gasteiger partial charge on any atom is -0.493 e. The average molecular weight is 357 g/mol. The molecule has 1 aromatic carbocycles. The Morgan fingerprint density at radius 1 is 1.16 bits per heavy atom. The molecule has 0 bridgehead atoms. The van der Waals surface area contributed by atoms with Gasteiger partial charge >= 0.3 is 0 Å². The van der Waals surface area contributed by atoms with Gasteiger partial charge in [-0.25, -0.2) is 4.98 Å². The Labute approximate surface area is 152 Å². The Hall–Kier alpha value is -2.05. The van der Waals surface area contributed by atoms with Crippen LogP contribution in [0.1, 0.15) is 17.5 Å². The molecule has 6 heteroatoms. The Morgan fingerprint density at radius 2 is 2.00 bits per heavy atom. The summed E-state index contributed by atoms with van der Waals surface area (Å²) in [6.45, 7) is 5.42. The molecule has 0 saturated heterocycles. The highest BCUT2D eigenvalue weighted by molar-refractivity contribution is 7.97. The molecule has 0 aliphatic heterocycles. The number of methoxy groups -OCH3 is 1. The van der Waals surface area contributed by atoms with Crippen molar-refractivity contribution in [2.75, 3.05) is 26.6 Å². The summed E-state index contributed by atoms with van der Waals surface area (Å²) in [4.78, 5) is 9.41. The molecule has 0 radical (unpaired) electrons. The molecule has 0 atom stereocenters. The predicted octanol–water partition coefficient (Wildman–Crippen LogP) is 4.26. The lowest BCUT2D eigenvalue weighted by Crippen LogP contribution is -2.04. The van der Waals surface area contributed by atoms with Crippen molar-refractivity contribution in [2.45, 2.75) is 20.3 Å². The topological polar surface area (TPSA) is 49.2 Å². The summed E-state index contributed by atoms with van der Waals surface area (Å²) in [6.07, 6.45) is 4.68. The summed E-state index contributed by atoms with van der Waals surface area (Å²) in [7, 11) is 1.70. The molecular weight excluding hydrogens is 334 g/mol. The van der Waals surface area contributed by atoms with Crippen molar-refractivity contribution >= 4 is 23.0 Å². The van der Waals surface area contributed by atoms with E-state index in [1.54, 1.807) is 25.3 Å². The van der Waals surface area contributed by atoms with Crippen LogP contribution >= 0.6 is 11.9 Å². The van der Waals surface area contributed by atoms with E-state index in [1.165, 1.54) is 5.56 Å². The van der Waals surface area contributed by atoms with E-state index in [2.05, 4.69) is 34.1 Å². The highest BCUT2D eigenvalue weighted by atomic mass is 32.2. The SMILES string of the molecule is COCCCOc1ccnc(-c2nc3cc(C)ccc3n2SC)c1C. The second kappa shape index (κ2) is 7.89. The number of rotatable bonds is 7. The van der Waals surface area contributed by atoms with Gasteiger partial charge < -0.3 is 9.47 Å². The number of nitrogens with zero attached hydrogens (tertiary/aromatic N) is 3. The van der Waals surface area contributed by atoms with Gasteiger partial charge in [-0.15, -0.1) is 0 Å². The standard InChI is InChI=1S/C19H23N3O2S/c1-13-6-7-16-15(12-13)21-19(22(16)25-4)18-14(2)17(8-9-20-18)24-11-5-10-23-3/h6-9,12H,5,10-11H2,1-4H3. The lowest BCUT2D eigenvalue weighted by molar-refractivity contribution is 0.172. The minimum absolute atomic E-state index is 0.621. The van der Waals surface area contributed by atoms with Gasteiger partial charge in [-0.1, -0.05) is 6.07 Å². The number of fused-ring (bicyclic) bond motifs is 1. The third-order valence-corrected chi connectivity index (χ3v) is 4.80. The molecule has 0 N–H and O–H groups in total. The second-order valence-corrected chi connectivity index (χ2v) is 6.61. The molecule has 0 unspecified atom stereocenters. The second-order valence-electron chi connectivity index (χ2n) is 5.88. The first-order valence-electron chi connectivity index (χ1n) is 8.27. The number of hydrogen-bond acceptors (Lipinski definition) is 5. The number of hydrogen-bond donors (Lipinski definition) is 0. The van der Waals surface area contributed by atoms with Crippen molar-refractivity contribution in [1.82, 2.24) is 13.9 Å². The molecule has 3 rings (SSSR count). The normalized spacial score (nSPS) is 11.2. The van der Waals surface area contributed by atoms with Crippen LogP contribution in [0.5, 0.6) is 5.75 Å². The van der Waals surface area contributed by atoms with Crippen molar-refractivity contribution in [2.24, 2.45) is 0 Å². The number of benzene rings is 1. The molecule has 0 spiro atoms. The highest BCUT2D eigenvalue weighted by Crippen LogP contribution is 2.32. The van der Waals surface area contributed by atoms with E-state index >= 15 is 0 Å². The summed E-state index contributed by atoms with van der Waals surface area (Å²) < 4.78 is 13.1. The molecule has 0 saturated carbocycles. The van der Waals surface area contributed by atoms with Crippen molar-refractivity contribution in [3.63, 3.8) is 0 Å². The van der Waals surface area contributed by atoms with Gasteiger partial charge in [-0.3, -0.25) is 8.96 Å². The van der Waals surface area contributed by atoms with Gasteiger partial charge in [0.25, 0.3) is 0 Å². The van der Waals surface area contributed by atoms with E-state index in [-0.39, 0.29) is 0 Å². The first-order valence-corrected chi connectivity index (χ1v) is 9.45. The molecule has 0 fully saturated rings. The first kappa shape index (κ1) is 17.8. The average Bonchev–Trinajstić information content (AvgIpc) is 2.97. The van der Waals surface area contributed by atoms with Crippen LogP contribution in [-0.2, 0) is 4.74 Å². The van der Waals surface area contributed by atoms with Gasteiger partial charge in [-0.2, -0.15) is 0 Å². The van der Waals surface area contributed by atoms with Crippen molar-refractivity contribution in [1.29, 1.82) is 0 Å². The molecule has 132 valence electrons. The zero-order valence-electron chi connectivity index (χ0n) is 15.1. The summed E-state index contributed by atoms with van der Waals surface area (Å²) in [6, 6.07) is 8.22. The largest absolute Gasteiger partial charge is 0.493 e. The smallest absolute Gasteiger partial charge is 0.170 e. The minimum atomic E-state index is 0.621. The van der Waals surface area contributed by atoms with Gasteiger partial charge in [0.15, 0.2) is 5.82 Å². The fourth-order valence-corrected chi connectivity index (χ4v) is 3.44. The number of aromatic nitrogens is 3. The van der Waals surface area contributed by atoms with Crippen molar-refractivity contribution < 1.29 is 9.47 Å². The fourth-order valence-electron chi connectivity index (χ4n) is 2.79. The van der Waals surface area contributed by atoms with Crippen molar-refractivity contribution in [3.8, 4) is 17.3 Å². The molecule has 0 aliphatic rings. The monoisotopic (exact) mass is 357 g/mol. The quantitative estimate of drug-likeness (QED) is 0.592. The Bertz CT molecular complexity index is 876. The van der Waals surface area contributed by atoms with Crippen LogP contribution in [0, 0.1) is 13.8 Å². The summed E-state index contributed by atoms with van der Waals surface area (Å²) >= 11 is 1.63. The Balaban J connectivity index is 2.00. The third kappa shape index (κ3) is 3.65. The van der Waals surface area contributed by atoms with Crippen LogP contribution in [0.2, 0.25) is 0 Å². The number of pyridine rings is 1. The number of aryl methyl sites for hydroxylation is 1. The van der Waals surface area contributed by atoms with Crippen molar-refractivity contribution in [3.05, 3.63) is 41.6 Å². The lowest BCUT2D eigenvalue weighted by Gasteiger charge is -2.12. The molecule has 0 aliphatic carbocycles. The van der Waals surface area contributed by atoms with Gasteiger partial charge in [-0.05, 0) is 49.6 Å². The van der Waals surface area contributed by atoms with Gasteiger partial charge in [0.05, 0.1) is 17.6 Å². The molecule has 3 aromatic rings. The maximum atomic E-state index is 5.90. The predicted molar refractivity (Wildman–Crippen MR) is 103 cm³/mol. The summed E-state index contributed by atoms with van der Waals surface area (Å²) in [5.74, 6) is 1.70. The van der Waals surface area contributed by atoms with Crippen LogP contribution in [0.4, 0.5) is 0 Å². The molecule has 0 amide bonds. The summed E-state index contributed by atoms with van der Waals surface area (Å²) in [5.41, 5.74) is 5.14. The fraction of sp³-hybridized carbons (Fsp3) is 0.368. The molecule has 25 heavy (non-hydrogen) atoms. The number of ether oxygens (including phenoxy) is 2. The van der Waals surface area contributed by atoms with Crippen LogP contribution in [0.15, 0.2) is 30.5 Å². The van der Waals surface area contributed by atoms with E-state index < -0.39 is 0 Å². The van der Waals surface area contributed by atoms with Crippen LogP contribution in [0.3, 0.4) is 0 Å². The van der Waals surface area contributed by atoms with Crippen LogP contribution in [0.25, 0.3) is 22.6 Å². The Kier molecular flexibility index (Phi) is 5.60. The summed E-state index contributed by atoms with van der Waals surface area (Å²) in [5, 5.41) is 0. The molecule has 2 heterocycles. The van der Waals surface area contributed by atoms with E-state index in [0.29, 0.717) is 13.2 Å². The van der Waals surface area contributed by atoms with Gasteiger partial charge in [0, 0.05) is 38.2 Å². The third-order valence-electron chi connectivity index (χ3n) is 4.07. The Morgan fingerprint density at radius 3 is 2.76 bits per heavy atom.